The molecule has 0 radical (unpaired) electrons. The van der Waals surface area contributed by atoms with E-state index in [1.165, 1.54) is 19.2 Å². The number of aliphatic imine (C=N–C) groups is 1. The van der Waals surface area contributed by atoms with E-state index in [2.05, 4.69) is 4.99 Å². The van der Waals surface area contributed by atoms with Crippen LogP contribution in [0.25, 0.3) is 0 Å². The monoisotopic (exact) mass is 465 g/mol. The Labute approximate surface area is 198 Å². The minimum absolute atomic E-state index is 0.0159. The van der Waals surface area contributed by atoms with Gasteiger partial charge in [-0.2, -0.15) is 0 Å². The van der Waals surface area contributed by atoms with Crippen LogP contribution in [0.2, 0.25) is 0 Å². The van der Waals surface area contributed by atoms with E-state index in [9.17, 15) is 14.0 Å². The highest BCUT2D eigenvalue weighted by molar-refractivity contribution is 6.08. The number of ketones is 1. The Bertz CT molecular complexity index is 1170. The van der Waals surface area contributed by atoms with Crippen molar-refractivity contribution in [3.63, 3.8) is 0 Å². The number of carbonyl (C=O) groups is 2. The van der Waals surface area contributed by atoms with E-state index in [1.54, 1.807) is 31.2 Å². The topological polar surface area (TPSA) is 74.2 Å². The van der Waals surface area contributed by atoms with Crippen molar-refractivity contribution in [2.45, 2.75) is 45.6 Å². The van der Waals surface area contributed by atoms with Gasteiger partial charge in [0.2, 0.25) is 0 Å². The molecule has 2 atom stereocenters. The smallest absolute Gasteiger partial charge is 0.315 e. The third kappa shape index (κ3) is 4.74. The maximum absolute atomic E-state index is 13.5. The summed E-state index contributed by atoms with van der Waals surface area (Å²) in [5.74, 6) is -0.971. The van der Waals surface area contributed by atoms with E-state index in [0.717, 1.165) is 17.7 Å². The first kappa shape index (κ1) is 23.7. The number of nitrogens with zero attached hydrogens (tertiary/aromatic N) is 1. The molecule has 2 aromatic carbocycles. The number of rotatable bonds is 7. The molecule has 0 amide bonds. The molecule has 0 saturated heterocycles. The van der Waals surface area contributed by atoms with Crippen LogP contribution >= 0.6 is 0 Å². The molecule has 2 aromatic rings. The number of allylic oxidation sites excluding steroid dienone is 2. The highest BCUT2D eigenvalue weighted by Crippen LogP contribution is 2.45. The molecule has 4 rings (SSSR count). The van der Waals surface area contributed by atoms with Crippen LogP contribution < -0.4 is 9.47 Å². The molecule has 2 aliphatic rings. The van der Waals surface area contributed by atoms with Gasteiger partial charge in [0.25, 0.3) is 0 Å². The summed E-state index contributed by atoms with van der Waals surface area (Å²) >= 11 is 0. The molecule has 7 heteroatoms. The molecule has 0 N–H and O–H groups in total. The average molecular weight is 466 g/mol. The molecule has 0 spiro atoms. The summed E-state index contributed by atoms with van der Waals surface area (Å²) in [5, 5.41) is 0. The van der Waals surface area contributed by atoms with Crippen LogP contribution in [-0.4, -0.2) is 31.2 Å². The average Bonchev–Trinajstić information content (AvgIpc) is 2.82. The molecule has 1 aliphatic carbocycles. The van der Waals surface area contributed by atoms with E-state index >= 15 is 0 Å². The van der Waals surface area contributed by atoms with Crippen molar-refractivity contribution < 1.29 is 28.2 Å². The zero-order chi connectivity index (χ0) is 24.2. The second-order valence-corrected chi connectivity index (χ2v) is 8.43. The van der Waals surface area contributed by atoms with Crippen molar-refractivity contribution in [2.24, 2.45) is 10.9 Å². The molecule has 0 bridgehead atoms. The van der Waals surface area contributed by atoms with Gasteiger partial charge >= 0.3 is 5.97 Å². The van der Waals surface area contributed by atoms with Crippen molar-refractivity contribution in [2.75, 3.05) is 13.7 Å². The van der Waals surface area contributed by atoms with E-state index in [4.69, 9.17) is 14.2 Å². The largest absolute Gasteiger partial charge is 0.493 e. The Morgan fingerprint density at radius 2 is 1.97 bits per heavy atom. The molecule has 178 valence electrons. The van der Waals surface area contributed by atoms with Crippen LogP contribution in [0, 0.1) is 11.7 Å². The van der Waals surface area contributed by atoms with Gasteiger partial charge in [-0.05, 0) is 62.1 Å². The molecule has 0 fully saturated rings. The van der Waals surface area contributed by atoms with Crippen molar-refractivity contribution in [1.29, 1.82) is 0 Å². The van der Waals surface area contributed by atoms with Gasteiger partial charge in [0.15, 0.2) is 17.3 Å². The fraction of sp³-hybridized carbons (Fsp3) is 0.370. The number of hydrogen-bond donors (Lipinski definition) is 0. The minimum Gasteiger partial charge on any atom is -0.493 e. The summed E-state index contributed by atoms with van der Waals surface area (Å²) in [6.45, 7) is 3.98. The van der Waals surface area contributed by atoms with Gasteiger partial charge in [0.05, 0.1) is 13.7 Å². The maximum Gasteiger partial charge on any atom is 0.315 e. The number of halogens is 1. The second kappa shape index (κ2) is 10.2. The predicted molar refractivity (Wildman–Crippen MR) is 126 cm³/mol. The van der Waals surface area contributed by atoms with Crippen molar-refractivity contribution in [3.8, 4) is 11.5 Å². The van der Waals surface area contributed by atoms with Crippen molar-refractivity contribution >= 4 is 17.5 Å². The SMILES string of the molecule is CCOC(=O)C1C(C)=NC2=C(C(=O)CCC2)[C@H]1c1ccc(OCc2cccc(F)c2)c(OC)c1. The first-order chi connectivity index (χ1) is 16.4. The second-order valence-electron chi connectivity index (χ2n) is 8.43. The number of esters is 1. The van der Waals surface area contributed by atoms with E-state index in [0.29, 0.717) is 41.2 Å². The normalized spacial score (nSPS) is 19.9. The predicted octanol–water partition coefficient (Wildman–Crippen LogP) is 5.16. The summed E-state index contributed by atoms with van der Waals surface area (Å²) in [4.78, 5) is 30.6. The maximum atomic E-state index is 13.5. The summed E-state index contributed by atoms with van der Waals surface area (Å²) in [5.41, 5.74) is 3.43. The zero-order valence-corrected chi connectivity index (χ0v) is 19.6. The van der Waals surface area contributed by atoms with Gasteiger partial charge in [-0.25, -0.2) is 4.39 Å². The lowest BCUT2D eigenvalue weighted by atomic mass is 9.71. The van der Waals surface area contributed by atoms with Gasteiger partial charge in [0.1, 0.15) is 18.3 Å². The Morgan fingerprint density at radius 1 is 1.15 bits per heavy atom. The van der Waals surface area contributed by atoms with E-state index in [-0.39, 0.29) is 24.8 Å². The van der Waals surface area contributed by atoms with Crippen LogP contribution in [0.4, 0.5) is 4.39 Å². The molecule has 1 heterocycles. The van der Waals surface area contributed by atoms with Gasteiger partial charge in [-0.15, -0.1) is 0 Å². The van der Waals surface area contributed by atoms with Gasteiger partial charge in [-0.3, -0.25) is 14.6 Å². The van der Waals surface area contributed by atoms with E-state index < -0.39 is 17.8 Å². The Balaban J connectivity index is 1.70. The molecule has 1 unspecified atom stereocenters. The fourth-order valence-corrected chi connectivity index (χ4v) is 4.69. The standard InChI is InChI=1S/C27H28FNO5/c1-4-33-27(31)24-16(2)29-20-9-6-10-21(30)26(20)25(24)18-11-12-22(23(14-18)32-3)34-15-17-7-5-8-19(28)13-17/h5,7-8,11-14,24-25H,4,6,9-10,15H2,1-3H3/t24?,25-/m0/s1. The lowest BCUT2D eigenvalue weighted by Crippen LogP contribution is -2.37. The zero-order valence-electron chi connectivity index (χ0n) is 19.6. The van der Waals surface area contributed by atoms with Crippen LogP contribution in [0.1, 0.15) is 50.2 Å². The quantitative estimate of drug-likeness (QED) is 0.528. The van der Waals surface area contributed by atoms with Gasteiger partial charge in [0, 0.05) is 29.3 Å². The molecular formula is C27H28FNO5. The number of methoxy groups -OCH3 is 1. The summed E-state index contributed by atoms with van der Waals surface area (Å²) < 4.78 is 30.3. The van der Waals surface area contributed by atoms with Crippen molar-refractivity contribution in [3.05, 3.63) is 70.7 Å². The highest BCUT2D eigenvalue weighted by Gasteiger charge is 2.43. The third-order valence-corrected chi connectivity index (χ3v) is 6.21. The lowest BCUT2D eigenvalue weighted by Gasteiger charge is -2.34. The Morgan fingerprint density at radius 3 is 2.71 bits per heavy atom. The molecule has 1 aliphatic heterocycles. The van der Waals surface area contributed by atoms with Crippen LogP contribution in [0.3, 0.4) is 0 Å². The fourth-order valence-electron chi connectivity index (χ4n) is 4.69. The van der Waals surface area contributed by atoms with E-state index in [1.807, 2.05) is 13.0 Å². The number of benzene rings is 2. The van der Waals surface area contributed by atoms with Crippen molar-refractivity contribution in [1.82, 2.24) is 0 Å². The Kier molecular flexibility index (Phi) is 7.10. The summed E-state index contributed by atoms with van der Waals surface area (Å²) in [6, 6.07) is 11.6. The molecule has 0 aromatic heterocycles. The first-order valence-electron chi connectivity index (χ1n) is 11.5. The first-order valence-corrected chi connectivity index (χ1v) is 11.5. The third-order valence-electron chi connectivity index (χ3n) is 6.21. The number of carbonyl (C=O) groups excluding carboxylic acids is 2. The molecular weight excluding hydrogens is 437 g/mol. The Hall–Kier alpha value is -3.48. The lowest BCUT2D eigenvalue weighted by molar-refractivity contribution is -0.146. The van der Waals surface area contributed by atoms with Crippen LogP contribution in [0.15, 0.2) is 58.7 Å². The minimum atomic E-state index is -0.690. The number of hydrogen-bond acceptors (Lipinski definition) is 6. The number of Topliss-reactive ketones (excluding diaryl/α,β-unsaturated/α-hetero) is 1. The van der Waals surface area contributed by atoms with Crippen LogP contribution in [-0.2, 0) is 20.9 Å². The van der Waals surface area contributed by atoms with Gasteiger partial charge in [-0.1, -0.05) is 18.2 Å². The van der Waals surface area contributed by atoms with Gasteiger partial charge < -0.3 is 14.2 Å². The molecule has 6 nitrogen and oxygen atoms in total. The summed E-state index contributed by atoms with van der Waals surface area (Å²) in [6.07, 6.45) is 1.89. The molecule has 0 saturated carbocycles. The molecule has 34 heavy (non-hydrogen) atoms. The van der Waals surface area contributed by atoms with Crippen LogP contribution in [0.5, 0.6) is 11.5 Å². The summed E-state index contributed by atoms with van der Waals surface area (Å²) in [7, 11) is 1.53. The number of ether oxygens (including phenoxy) is 3. The highest BCUT2D eigenvalue weighted by atomic mass is 19.1.